The molecule has 3 aromatic rings. The summed E-state index contributed by atoms with van der Waals surface area (Å²) >= 11 is 1.38. The molecule has 0 unspecified atom stereocenters. The highest BCUT2D eigenvalue weighted by atomic mass is 32.1. The number of nitrogens with zero attached hydrogens (tertiary/aromatic N) is 3. The van der Waals surface area contributed by atoms with Crippen molar-refractivity contribution in [3.8, 4) is 0 Å². The van der Waals surface area contributed by atoms with Gasteiger partial charge >= 0.3 is 6.18 Å². The fourth-order valence-electron chi connectivity index (χ4n) is 2.27. The van der Waals surface area contributed by atoms with Crippen LogP contribution in [0.4, 0.5) is 19.0 Å². The van der Waals surface area contributed by atoms with E-state index >= 15 is 0 Å². The molecule has 0 saturated carbocycles. The SMILES string of the molecule is Cc1nc(NC(=O)c2c(C)nc3sccn23)ccc1C(F)(F)F. The predicted octanol–water partition coefficient (Wildman–Crippen LogP) is 3.68. The quantitative estimate of drug-likeness (QED) is 0.774. The molecule has 23 heavy (non-hydrogen) atoms. The summed E-state index contributed by atoms with van der Waals surface area (Å²) < 4.78 is 39.8. The van der Waals surface area contributed by atoms with Crippen LogP contribution in [0, 0.1) is 13.8 Å². The van der Waals surface area contributed by atoms with E-state index in [1.807, 2.05) is 0 Å². The molecule has 0 aliphatic rings. The van der Waals surface area contributed by atoms with E-state index in [2.05, 4.69) is 15.3 Å². The van der Waals surface area contributed by atoms with Crippen molar-refractivity contribution in [2.24, 2.45) is 0 Å². The molecule has 1 N–H and O–H groups in total. The number of halogens is 3. The monoisotopic (exact) mass is 340 g/mol. The predicted molar refractivity (Wildman–Crippen MR) is 79.7 cm³/mol. The average Bonchev–Trinajstić information content (AvgIpc) is 2.96. The molecule has 9 heteroatoms. The lowest BCUT2D eigenvalue weighted by Crippen LogP contribution is -2.17. The molecular weight excluding hydrogens is 329 g/mol. The summed E-state index contributed by atoms with van der Waals surface area (Å²) in [6, 6.07) is 2.04. The number of hydrogen-bond donors (Lipinski definition) is 1. The molecule has 0 aromatic carbocycles. The Kier molecular flexibility index (Phi) is 3.59. The van der Waals surface area contributed by atoms with E-state index < -0.39 is 17.6 Å². The van der Waals surface area contributed by atoms with Gasteiger partial charge in [0.1, 0.15) is 11.5 Å². The highest BCUT2D eigenvalue weighted by Gasteiger charge is 2.33. The Hall–Kier alpha value is -2.42. The number of aryl methyl sites for hydroxylation is 2. The lowest BCUT2D eigenvalue weighted by Gasteiger charge is -2.11. The number of rotatable bonds is 2. The van der Waals surface area contributed by atoms with Crippen LogP contribution in [0.1, 0.15) is 27.4 Å². The van der Waals surface area contributed by atoms with Crippen LogP contribution in [0.2, 0.25) is 0 Å². The molecule has 1 amide bonds. The third-order valence-corrected chi connectivity index (χ3v) is 4.04. The number of carbonyl (C=O) groups excluding carboxylic acids is 1. The lowest BCUT2D eigenvalue weighted by molar-refractivity contribution is -0.138. The number of anilines is 1. The Bertz CT molecular complexity index is 897. The van der Waals surface area contributed by atoms with Gasteiger partial charge in [0.15, 0.2) is 4.96 Å². The Balaban J connectivity index is 1.90. The summed E-state index contributed by atoms with van der Waals surface area (Å²) in [7, 11) is 0. The van der Waals surface area contributed by atoms with E-state index in [0.29, 0.717) is 16.3 Å². The summed E-state index contributed by atoms with van der Waals surface area (Å²) in [5.74, 6) is -0.412. The highest BCUT2D eigenvalue weighted by Crippen LogP contribution is 2.31. The first kappa shape index (κ1) is 15.5. The number of alkyl halides is 3. The number of fused-ring (bicyclic) bond motifs is 1. The molecule has 0 atom stereocenters. The summed E-state index contributed by atoms with van der Waals surface area (Å²) in [6.45, 7) is 2.94. The van der Waals surface area contributed by atoms with E-state index in [-0.39, 0.29) is 11.5 Å². The summed E-state index contributed by atoms with van der Waals surface area (Å²) in [6.07, 6.45) is -2.76. The fraction of sp³-hybridized carbons (Fsp3) is 0.214. The minimum Gasteiger partial charge on any atom is -0.305 e. The molecule has 3 heterocycles. The van der Waals surface area contributed by atoms with Crippen LogP contribution in [0.25, 0.3) is 4.96 Å². The second kappa shape index (κ2) is 5.34. The fourth-order valence-corrected chi connectivity index (χ4v) is 3.03. The zero-order valence-electron chi connectivity index (χ0n) is 12.1. The molecule has 0 fully saturated rings. The maximum absolute atomic E-state index is 12.7. The van der Waals surface area contributed by atoms with E-state index in [1.54, 1.807) is 22.9 Å². The molecule has 0 bridgehead atoms. The van der Waals surface area contributed by atoms with Crippen molar-refractivity contribution in [3.05, 3.63) is 46.4 Å². The number of aromatic nitrogens is 3. The maximum atomic E-state index is 12.7. The number of amides is 1. The van der Waals surface area contributed by atoms with Crippen molar-refractivity contribution >= 4 is 28.0 Å². The number of thiazole rings is 1. The largest absolute Gasteiger partial charge is 0.418 e. The van der Waals surface area contributed by atoms with E-state index in [1.165, 1.54) is 18.3 Å². The van der Waals surface area contributed by atoms with Crippen LogP contribution in [0.15, 0.2) is 23.7 Å². The van der Waals surface area contributed by atoms with Gasteiger partial charge in [-0.15, -0.1) is 11.3 Å². The molecule has 120 valence electrons. The van der Waals surface area contributed by atoms with Crippen LogP contribution in [-0.4, -0.2) is 20.3 Å². The van der Waals surface area contributed by atoms with E-state index in [4.69, 9.17) is 0 Å². The average molecular weight is 340 g/mol. The van der Waals surface area contributed by atoms with Crippen molar-refractivity contribution in [1.82, 2.24) is 14.4 Å². The van der Waals surface area contributed by atoms with Crippen molar-refractivity contribution in [2.45, 2.75) is 20.0 Å². The topological polar surface area (TPSA) is 59.3 Å². The first-order valence-electron chi connectivity index (χ1n) is 6.55. The zero-order chi connectivity index (χ0) is 16.8. The number of hydrogen-bond acceptors (Lipinski definition) is 4. The normalized spacial score (nSPS) is 11.9. The number of imidazole rings is 1. The Labute approximate surface area is 132 Å². The van der Waals surface area contributed by atoms with Crippen molar-refractivity contribution < 1.29 is 18.0 Å². The van der Waals surface area contributed by atoms with Crippen LogP contribution >= 0.6 is 11.3 Å². The molecule has 3 rings (SSSR count). The summed E-state index contributed by atoms with van der Waals surface area (Å²) in [4.78, 5) is 21.1. The first-order valence-corrected chi connectivity index (χ1v) is 7.43. The second-order valence-corrected chi connectivity index (χ2v) is 5.76. The van der Waals surface area contributed by atoms with Crippen molar-refractivity contribution in [2.75, 3.05) is 5.32 Å². The Morgan fingerprint density at radius 2 is 1.96 bits per heavy atom. The lowest BCUT2D eigenvalue weighted by atomic mass is 10.2. The van der Waals surface area contributed by atoms with Crippen LogP contribution < -0.4 is 5.32 Å². The Morgan fingerprint density at radius 3 is 2.61 bits per heavy atom. The third-order valence-electron chi connectivity index (χ3n) is 3.28. The van der Waals surface area contributed by atoms with Crippen LogP contribution in [0.5, 0.6) is 0 Å². The van der Waals surface area contributed by atoms with Gasteiger partial charge in [-0.2, -0.15) is 13.2 Å². The van der Waals surface area contributed by atoms with Crippen molar-refractivity contribution in [1.29, 1.82) is 0 Å². The van der Waals surface area contributed by atoms with Crippen LogP contribution in [0.3, 0.4) is 0 Å². The first-order chi connectivity index (χ1) is 10.8. The number of carbonyl (C=O) groups is 1. The van der Waals surface area contributed by atoms with E-state index in [0.717, 1.165) is 12.1 Å². The molecule has 0 spiro atoms. The molecule has 0 saturated heterocycles. The minimum absolute atomic E-state index is 0.0603. The molecule has 0 aliphatic carbocycles. The van der Waals surface area contributed by atoms with Gasteiger partial charge in [0, 0.05) is 11.6 Å². The summed E-state index contributed by atoms with van der Waals surface area (Å²) in [5, 5.41) is 4.30. The Morgan fingerprint density at radius 1 is 1.22 bits per heavy atom. The second-order valence-electron chi connectivity index (χ2n) is 4.88. The molecule has 3 aromatic heterocycles. The third kappa shape index (κ3) is 2.79. The van der Waals surface area contributed by atoms with Gasteiger partial charge in [-0.25, -0.2) is 9.97 Å². The highest BCUT2D eigenvalue weighted by molar-refractivity contribution is 7.15. The van der Waals surface area contributed by atoms with Gasteiger partial charge < -0.3 is 5.32 Å². The molecule has 0 radical (unpaired) electrons. The molecule has 0 aliphatic heterocycles. The molecular formula is C14H11F3N4OS. The molecule has 5 nitrogen and oxygen atoms in total. The van der Waals surface area contributed by atoms with E-state index in [9.17, 15) is 18.0 Å². The number of pyridine rings is 1. The van der Waals surface area contributed by atoms with Gasteiger partial charge in [0.25, 0.3) is 5.91 Å². The summed E-state index contributed by atoms with van der Waals surface area (Å²) in [5.41, 5.74) is -0.143. The maximum Gasteiger partial charge on any atom is 0.418 e. The van der Waals surface area contributed by atoms with Crippen LogP contribution in [-0.2, 0) is 6.18 Å². The van der Waals surface area contributed by atoms with Gasteiger partial charge in [0.2, 0.25) is 0 Å². The van der Waals surface area contributed by atoms with Gasteiger partial charge in [-0.1, -0.05) is 0 Å². The van der Waals surface area contributed by atoms with Gasteiger partial charge in [-0.05, 0) is 26.0 Å². The van der Waals surface area contributed by atoms with Gasteiger partial charge in [-0.3, -0.25) is 9.20 Å². The van der Waals surface area contributed by atoms with Gasteiger partial charge in [0.05, 0.1) is 17.0 Å². The zero-order valence-corrected chi connectivity index (χ0v) is 12.9. The van der Waals surface area contributed by atoms with Crippen molar-refractivity contribution in [3.63, 3.8) is 0 Å². The number of nitrogens with one attached hydrogen (secondary N) is 1. The smallest absolute Gasteiger partial charge is 0.305 e. The standard InChI is InChI=1S/C14H11F3N4OS/c1-7-9(14(15,16)17)3-4-10(18-7)20-12(22)11-8(2)19-13-21(11)5-6-23-13/h3-6H,1-2H3,(H,18,20,22). The minimum atomic E-state index is -4.47.